The van der Waals surface area contributed by atoms with Gasteiger partial charge in [-0.05, 0) is 6.42 Å². The van der Waals surface area contributed by atoms with Gasteiger partial charge < -0.3 is 19.7 Å². The van der Waals surface area contributed by atoms with Gasteiger partial charge in [0.05, 0.1) is 25.2 Å². The summed E-state index contributed by atoms with van der Waals surface area (Å²) in [6.45, 7) is 2.17. The maximum Gasteiger partial charge on any atom is 0.293 e. The zero-order chi connectivity index (χ0) is 17.1. The molecule has 3 atom stereocenters. The zero-order valence-corrected chi connectivity index (χ0v) is 14.0. The molecule has 0 aliphatic carbocycles. The van der Waals surface area contributed by atoms with Crippen molar-refractivity contribution in [3.05, 3.63) is 12.2 Å². The van der Waals surface area contributed by atoms with E-state index < -0.39 is 0 Å². The monoisotopic (exact) mass is 337 g/mol. The molecule has 0 unspecified atom stereocenters. The second-order valence-corrected chi connectivity index (χ2v) is 6.29. The van der Waals surface area contributed by atoms with E-state index >= 15 is 0 Å². The second-order valence-electron chi connectivity index (χ2n) is 6.29. The third-order valence-electron chi connectivity index (χ3n) is 4.43. The molecule has 0 aromatic carbocycles. The summed E-state index contributed by atoms with van der Waals surface area (Å²) in [5.41, 5.74) is 0. The molecule has 0 bridgehead atoms. The molecule has 1 aromatic heterocycles. The van der Waals surface area contributed by atoms with E-state index in [9.17, 15) is 9.59 Å². The van der Waals surface area contributed by atoms with Crippen LogP contribution in [0.4, 0.5) is 0 Å². The van der Waals surface area contributed by atoms with E-state index in [4.69, 9.17) is 9.47 Å². The number of rotatable bonds is 6. The predicted molar refractivity (Wildman–Crippen MR) is 83.2 cm³/mol. The summed E-state index contributed by atoms with van der Waals surface area (Å²) in [7, 11) is 3.33. The molecule has 132 valence electrons. The van der Waals surface area contributed by atoms with Gasteiger partial charge >= 0.3 is 0 Å². The molecule has 9 nitrogen and oxygen atoms in total. The van der Waals surface area contributed by atoms with Gasteiger partial charge in [-0.1, -0.05) is 0 Å². The molecule has 2 aliphatic rings. The van der Waals surface area contributed by atoms with Crippen molar-refractivity contribution in [1.29, 1.82) is 0 Å². The third-order valence-corrected chi connectivity index (χ3v) is 4.43. The Labute approximate surface area is 140 Å². The maximum atomic E-state index is 12.4. The van der Waals surface area contributed by atoms with Gasteiger partial charge in [0.1, 0.15) is 6.33 Å². The van der Waals surface area contributed by atoms with Gasteiger partial charge in [0, 0.05) is 39.7 Å². The van der Waals surface area contributed by atoms with E-state index in [1.54, 1.807) is 19.1 Å². The van der Waals surface area contributed by atoms with Gasteiger partial charge in [-0.3, -0.25) is 14.3 Å². The van der Waals surface area contributed by atoms with Crippen molar-refractivity contribution in [3.8, 4) is 0 Å². The number of methoxy groups -OCH3 is 1. The summed E-state index contributed by atoms with van der Waals surface area (Å²) >= 11 is 0. The van der Waals surface area contributed by atoms with Crippen LogP contribution in [0.2, 0.25) is 0 Å². The lowest BCUT2D eigenvalue weighted by molar-refractivity contribution is -0.124. The predicted octanol–water partition coefficient (Wildman–Crippen LogP) is -0.803. The Morgan fingerprint density at radius 1 is 1.46 bits per heavy atom. The van der Waals surface area contributed by atoms with Gasteiger partial charge in [-0.15, -0.1) is 5.10 Å². The molecule has 2 saturated heterocycles. The molecule has 24 heavy (non-hydrogen) atoms. The van der Waals surface area contributed by atoms with Crippen molar-refractivity contribution in [2.75, 3.05) is 33.4 Å². The first-order valence-electron chi connectivity index (χ1n) is 8.13. The molecule has 3 rings (SSSR count). The minimum Gasteiger partial charge on any atom is -0.383 e. The van der Waals surface area contributed by atoms with E-state index in [2.05, 4.69) is 15.4 Å². The fourth-order valence-corrected chi connectivity index (χ4v) is 3.31. The first-order valence-corrected chi connectivity index (χ1v) is 8.13. The number of hydrogen-bond acceptors (Lipinski definition) is 6. The van der Waals surface area contributed by atoms with Crippen molar-refractivity contribution in [3.63, 3.8) is 0 Å². The lowest BCUT2D eigenvalue weighted by Crippen LogP contribution is -2.34. The molecule has 2 amide bonds. The van der Waals surface area contributed by atoms with Gasteiger partial charge in [0.2, 0.25) is 11.7 Å². The highest BCUT2D eigenvalue weighted by Gasteiger charge is 2.44. The fraction of sp³-hybridized carbons (Fsp3) is 0.733. The molecule has 3 heterocycles. The van der Waals surface area contributed by atoms with Crippen LogP contribution < -0.4 is 5.32 Å². The number of carbonyl (C=O) groups excluding carboxylic acids is 2. The smallest absolute Gasteiger partial charge is 0.293 e. The first-order chi connectivity index (χ1) is 11.6. The molecule has 2 aliphatic heterocycles. The Kier molecular flexibility index (Phi) is 5.10. The van der Waals surface area contributed by atoms with E-state index in [-0.39, 0.29) is 35.8 Å². The van der Waals surface area contributed by atoms with Crippen LogP contribution in [-0.2, 0) is 21.3 Å². The minimum absolute atomic E-state index is 0.00515. The zero-order valence-electron chi connectivity index (χ0n) is 14.0. The average molecular weight is 337 g/mol. The van der Waals surface area contributed by atoms with Crippen LogP contribution in [-0.4, -0.2) is 77.0 Å². The number of hydrogen-bond donors (Lipinski definition) is 1. The van der Waals surface area contributed by atoms with Crippen LogP contribution in [0.25, 0.3) is 0 Å². The molecule has 9 heteroatoms. The number of fused-ring (bicyclic) bond motifs is 1. The summed E-state index contributed by atoms with van der Waals surface area (Å²) in [4.78, 5) is 29.9. The molecular formula is C15H23N5O4. The van der Waals surface area contributed by atoms with E-state index in [0.29, 0.717) is 32.7 Å². The highest BCUT2D eigenvalue weighted by molar-refractivity contribution is 5.90. The van der Waals surface area contributed by atoms with Crippen molar-refractivity contribution in [2.24, 2.45) is 13.0 Å². The fourth-order valence-electron chi connectivity index (χ4n) is 3.31. The normalized spacial score (nSPS) is 25.8. The second kappa shape index (κ2) is 7.27. The number of aryl methyl sites for hydroxylation is 1. The van der Waals surface area contributed by atoms with Crippen molar-refractivity contribution in [2.45, 2.75) is 25.0 Å². The Morgan fingerprint density at radius 3 is 2.96 bits per heavy atom. The number of likely N-dealkylation sites (tertiary alicyclic amines) is 1. The summed E-state index contributed by atoms with van der Waals surface area (Å²) < 4.78 is 12.4. The van der Waals surface area contributed by atoms with Gasteiger partial charge in [0.25, 0.3) is 5.91 Å². The Balaban J connectivity index is 1.46. The Hall–Kier alpha value is -2.00. The van der Waals surface area contributed by atoms with Crippen LogP contribution >= 0.6 is 0 Å². The number of carbonyl (C=O) groups is 2. The maximum absolute atomic E-state index is 12.4. The summed E-state index contributed by atoms with van der Waals surface area (Å²) in [5.74, 6) is 0.297. The number of nitrogens with zero attached hydrogens (tertiary/aromatic N) is 4. The van der Waals surface area contributed by atoms with Crippen molar-refractivity contribution >= 4 is 11.8 Å². The van der Waals surface area contributed by atoms with Crippen molar-refractivity contribution in [1.82, 2.24) is 25.0 Å². The lowest BCUT2D eigenvalue weighted by Gasteiger charge is -2.18. The molecule has 0 spiro atoms. The molecule has 0 saturated carbocycles. The highest BCUT2D eigenvalue weighted by atomic mass is 16.5. The molecule has 2 fully saturated rings. The molecule has 0 radical (unpaired) electrons. The number of aromatic nitrogens is 3. The summed E-state index contributed by atoms with van der Waals surface area (Å²) in [6.07, 6.45) is 2.58. The first kappa shape index (κ1) is 16.8. The number of nitrogens with one attached hydrogen (secondary N) is 1. The van der Waals surface area contributed by atoms with Gasteiger partial charge in [-0.25, -0.2) is 4.98 Å². The Bertz CT molecular complexity index is 590. The van der Waals surface area contributed by atoms with E-state index in [1.807, 2.05) is 0 Å². The Morgan fingerprint density at radius 2 is 2.29 bits per heavy atom. The number of amides is 2. The minimum atomic E-state index is -0.164. The molecular weight excluding hydrogens is 314 g/mol. The van der Waals surface area contributed by atoms with Crippen LogP contribution in [0.5, 0.6) is 0 Å². The van der Waals surface area contributed by atoms with Crippen LogP contribution in [0.3, 0.4) is 0 Å². The topological polar surface area (TPSA) is 98.6 Å². The largest absolute Gasteiger partial charge is 0.383 e. The van der Waals surface area contributed by atoms with Crippen LogP contribution in [0.1, 0.15) is 23.5 Å². The highest BCUT2D eigenvalue weighted by Crippen LogP contribution is 2.34. The van der Waals surface area contributed by atoms with E-state index in [1.165, 1.54) is 11.0 Å². The summed E-state index contributed by atoms with van der Waals surface area (Å²) in [5, 5.41) is 6.85. The number of ether oxygens (including phenoxy) is 2. The quantitative estimate of drug-likeness (QED) is 0.682. The van der Waals surface area contributed by atoms with Crippen molar-refractivity contribution < 1.29 is 19.1 Å². The third kappa shape index (κ3) is 3.73. The SMILES string of the molecule is COCCNC(=O)C[C@H]1C[C@H]2CN(C(=O)c3ncn(C)n3)C[C@H]2O1. The van der Waals surface area contributed by atoms with Gasteiger partial charge in [-0.2, -0.15) is 0 Å². The lowest BCUT2D eigenvalue weighted by atomic mass is 10.0. The standard InChI is InChI=1S/C15H23N5O4/c1-19-9-17-14(18-19)15(22)20-7-10-5-11(24-12(10)8-20)6-13(21)16-3-4-23-2/h9-12H,3-8H2,1-2H3,(H,16,21)/t10-,11+,12+/m0/s1. The molecule has 1 aromatic rings. The average Bonchev–Trinajstić information content (AvgIpc) is 3.21. The van der Waals surface area contributed by atoms with Crippen LogP contribution in [0, 0.1) is 5.92 Å². The van der Waals surface area contributed by atoms with Crippen LogP contribution in [0.15, 0.2) is 6.33 Å². The van der Waals surface area contributed by atoms with Gasteiger partial charge in [0.15, 0.2) is 0 Å². The van der Waals surface area contributed by atoms with E-state index in [0.717, 1.165) is 6.42 Å². The molecule has 1 N–H and O–H groups in total. The summed E-state index contributed by atoms with van der Waals surface area (Å²) in [6, 6.07) is 0.